The molecule has 20 heavy (non-hydrogen) atoms. The van der Waals surface area contributed by atoms with Crippen molar-refractivity contribution in [2.45, 2.75) is 25.8 Å². The summed E-state index contributed by atoms with van der Waals surface area (Å²) in [6, 6.07) is 5.81. The minimum absolute atomic E-state index is 0.0714. The molecule has 0 saturated carbocycles. The summed E-state index contributed by atoms with van der Waals surface area (Å²) >= 11 is 12.2. The highest BCUT2D eigenvalue weighted by Crippen LogP contribution is 2.26. The molecular formula is C15H17Cl2N3. The standard InChI is InChI=1S/C15H17Cl2N3/c1-2-5-19-14(8-11-3-6-18-7-4-11)15-13(17)9-12(16)10-20-15/h3-4,6-7,9-10,14,19H,2,5,8H2,1H3. The molecule has 2 heterocycles. The Labute approximate surface area is 129 Å². The third-order valence-corrected chi connectivity index (χ3v) is 3.51. The number of halogens is 2. The summed E-state index contributed by atoms with van der Waals surface area (Å²) in [4.78, 5) is 8.42. The Bertz CT molecular complexity index is 546. The average molecular weight is 310 g/mol. The lowest BCUT2D eigenvalue weighted by Crippen LogP contribution is -2.25. The zero-order chi connectivity index (χ0) is 14.4. The number of nitrogens with zero attached hydrogens (tertiary/aromatic N) is 2. The maximum atomic E-state index is 6.27. The smallest absolute Gasteiger partial charge is 0.0763 e. The Kier molecular flexibility index (Phi) is 5.77. The summed E-state index contributed by atoms with van der Waals surface area (Å²) in [7, 11) is 0. The van der Waals surface area contributed by atoms with Crippen LogP contribution in [0.25, 0.3) is 0 Å². The summed E-state index contributed by atoms with van der Waals surface area (Å²) < 4.78 is 0. The maximum absolute atomic E-state index is 6.27. The van der Waals surface area contributed by atoms with Crippen molar-refractivity contribution >= 4 is 23.2 Å². The van der Waals surface area contributed by atoms with E-state index in [1.807, 2.05) is 12.1 Å². The normalized spacial score (nSPS) is 12.3. The van der Waals surface area contributed by atoms with Crippen LogP contribution in [0.5, 0.6) is 0 Å². The SMILES string of the molecule is CCCNC(Cc1ccncc1)c1ncc(Cl)cc1Cl. The third kappa shape index (κ3) is 4.17. The average Bonchev–Trinajstić information content (AvgIpc) is 2.45. The Hall–Kier alpha value is -1.16. The molecule has 106 valence electrons. The number of rotatable bonds is 6. The van der Waals surface area contributed by atoms with Crippen LogP contribution >= 0.6 is 23.2 Å². The van der Waals surface area contributed by atoms with Gasteiger partial charge in [-0.1, -0.05) is 30.1 Å². The van der Waals surface area contributed by atoms with Crippen LogP contribution in [-0.2, 0) is 6.42 Å². The van der Waals surface area contributed by atoms with Crippen LogP contribution in [0.1, 0.15) is 30.6 Å². The van der Waals surface area contributed by atoms with Gasteiger partial charge >= 0.3 is 0 Å². The highest BCUT2D eigenvalue weighted by Gasteiger charge is 2.16. The van der Waals surface area contributed by atoms with E-state index < -0.39 is 0 Å². The Morgan fingerprint density at radius 2 is 2.00 bits per heavy atom. The van der Waals surface area contributed by atoms with Gasteiger partial charge in [-0.15, -0.1) is 0 Å². The van der Waals surface area contributed by atoms with Gasteiger partial charge in [0.15, 0.2) is 0 Å². The van der Waals surface area contributed by atoms with Crippen molar-refractivity contribution in [3.63, 3.8) is 0 Å². The van der Waals surface area contributed by atoms with Crippen molar-refractivity contribution in [2.75, 3.05) is 6.54 Å². The molecule has 0 saturated heterocycles. The second-order valence-corrected chi connectivity index (χ2v) is 5.43. The monoisotopic (exact) mass is 309 g/mol. The van der Waals surface area contributed by atoms with Crippen LogP contribution < -0.4 is 5.32 Å². The number of hydrogen-bond donors (Lipinski definition) is 1. The second-order valence-electron chi connectivity index (χ2n) is 4.59. The first kappa shape index (κ1) is 15.2. The van der Waals surface area contributed by atoms with Crippen molar-refractivity contribution in [2.24, 2.45) is 0 Å². The lowest BCUT2D eigenvalue weighted by molar-refractivity contribution is 0.518. The van der Waals surface area contributed by atoms with Gasteiger partial charge in [-0.05, 0) is 43.1 Å². The minimum Gasteiger partial charge on any atom is -0.308 e. The number of aromatic nitrogens is 2. The molecule has 3 nitrogen and oxygen atoms in total. The molecule has 1 unspecified atom stereocenters. The zero-order valence-corrected chi connectivity index (χ0v) is 12.8. The van der Waals surface area contributed by atoms with Crippen molar-refractivity contribution in [1.29, 1.82) is 0 Å². The lowest BCUT2D eigenvalue weighted by atomic mass is 10.0. The molecule has 0 aliphatic heterocycles. The number of hydrogen-bond acceptors (Lipinski definition) is 3. The minimum atomic E-state index is 0.0714. The van der Waals surface area contributed by atoms with E-state index in [-0.39, 0.29) is 6.04 Å². The molecule has 0 amide bonds. The highest BCUT2D eigenvalue weighted by atomic mass is 35.5. The van der Waals surface area contributed by atoms with Crippen LogP contribution in [0.15, 0.2) is 36.8 Å². The fraction of sp³-hybridized carbons (Fsp3) is 0.333. The van der Waals surface area contributed by atoms with Crippen molar-refractivity contribution in [3.8, 4) is 0 Å². The van der Waals surface area contributed by atoms with E-state index >= 15 is 0 Å². The van der Waals surface area contributed by atoms with Crippen molar-refractivity contribution in [1.82, 2.24) is 15.3 Å². The molecule has 0 radical (unpaired) electrons. The summed E-state index contributed by atoms with van der Waals surface area (Å²) in [5.41, 5.74) is 2.03. The molecule has 2 rings (SSSR count). The van der Waals surface area contributed by atoms with E-state index in [0.717, 1.165) is 25.1 Å². The molecule has 0 spiro atoms. The van der Waals surface area contributed by atoms with Gasteiger partial charge in [-0.3, -0.25) is 9.97 Å². The summed E-state index contributed by atoms with van der Waals surface area (Å²) in [6.45, 7) is 3.05. The second kappa shape index (κ2) is 7.58. The van der Waals surface area contributed by atoms with E-state index in [9.17, 15) is 0 Å². The molecule has 5 heteroatoms. The van der Waals surface area contributed by atoms with Gasteiger partial charge < -0.3 is 5.32 Å². The summed E-state index contributed by atoms with van der Waals surface area (Å²) in [6.07, 6.45) is 7.09. The topological polar surface area (TPSA) is 37.8 Å². The molecule has 2 aromatic heterocycles. The molecular weight excluding hydrogens is 293 g/mol. The van der Waals surface area contributed by atoms with E-state index in [2.05, 4.69) is 22.2 Å². The van der Waals surface area contributed by atoms with E-state index in [1.54, 1.807) is 24.7 Å². The first-order valence-corrected chi connectivity index (χ1v) is 7.39. The van der Waals surface area contributed by atoms with Gasteiger partial charge in [0.05, 0.1) is 21.8 Å². The van der Waals surface area contributed by atoms with E-state index in [1.165, 1.54) is 5.56 Å². The fourth-order valence-corrected chi connectivity index (χ4v) is 2.53. The number of nitrogens with one attached hydrogen (secondary N) is 1. The maximum Gasteiger partial charge on any atom is 0.0763 e. The molecule has 0 aliphatic carbocycles. The first-order valence-electron chi connectivity index (χ1n) is 6.64. The lowest BCUT2D eigenvalue weighted by Gasteiger charge is -2.19. The molecule has 1 N–H and O–H groups in total. The summed E-state index contributed by atoms with van der Waals surface area (Å²) in [5.74, 6) is 0. The van der Waals surface area contributed by atoms with Gasteiger partial charge in [-0.2, -0.15) is 0 Å². The van der Waals surface area contributed by atoms with Gasteiger partial charge in [-0.25, -0.2) is 0 Å². The predicted octanol–water partition coefficient (Wildman–Crippen LogP) is 4.07. The van der Waals surface area contributed by atoms with Gasteiger partial charge in [0.25, 0.3) is 0 Å². The van der Waals surface area contributed by atoms with Gasteiger partial charge in [0, 0.05) is 18.6 Å². The van der Waals surface area contributed by atoms with Gasteiger partial charge in [0.2, 0.25) is 0 Å². The van der Waals surface area contributed by atoms with Crippen LogP contribution in [0.4, 0.5) is 0 Å². The first-order chi connectivity index (χ1) is 9.70. The van der Waals surface area contributed by atoms with Crippen LogP contribution in [0.3, 0.4) is 0 Å². The molecule has 0 aliphatic rings. The Morgan fingerprint density at radius 3 is 2.65 bits per heavy atom. The molecule has 2 aromatic rings. The molecule has 1 atom stereocenters. The molecule has 0 aromatic carbocycles. The van der Waals surface area contributed by atoms with Crippen molar-refractivity contribution in [3.05, 3.63) is 58.1 Å². The molecule has 0 bridgehead atoms. The number of pyridine rings is 2. The van der Waals surface area contributed by atoms with E-state index in [0.29, 0.717) is 10.0 Å². The fourth-order valence-electron chi connectivity index (χ4n) is 2.02. The highest BCUT2D eigenvalue weighted by molar-refractivity contribution is 6.34. The van der Waals surface area contributed by atoms with E-state index in [4.69, 9.17) is 23.2 Å². The Balaban J connectivity index is 2.22. The van der Waals surface area contributed by atoms with Crippen LogP contribution in [0.2, 0.25) is 10.0 Å². The van der Waals surface area contributed by atoms with Crippen molar-refractivity contribution < 1.29 is 0 Å². The third-order valence-electron chi connectivity index (χ3n) is 3.00. The Morgan fingerprint density at radius 1 is 1.25 bits per heavy atom. The van der Waals surface area contributed by atoms with Crippen LogP contribution in [-0.4, -0.2) is 16.5 Å². The van der Waals surface area contributed by atoms with Gasteiger partial charge in [0.1, 0.15) is 0 Å². The zero-order valence-electron chi connectivity index (χ0n) is 11.3. The largest absolute Gasteiger partial charge is 0.308 e. The quantitative estimate of drug-likeness (QED) is 0.874. The molecule has 0 fully saturated rings. The van der Waals surface area contributed by atoms with Crippen LogP contribution in [0, 0.1) is 0 Å². The predicted molar refractivity (Wildman–Crippen MR) is 83.2 cm³/mol. The summed E-state index contributed by atoms with van der Waals surface area (Å²) in [5, 5.41) is 4.63.